The molecule has 0 saturated heterocycles. The van der Waals surface area contributed by atoms with E-state index in [1.165, 1.54) is 25.7 Å². The predicted octanol–water partition coefficient (Wildman–Crippen LogP) is 5.06. The van der Waals surface area contributed by atoms with Gasteiger partial charge in [-0.1, -0.05) is 66.2 Å². The molecule has 0 aliphatic heterocycles. The zero-order valence-electron chi connectivity index (χ0n) is 16.0. The van der Waals surface area contributed by atoms with E-state index in [4.69, 9.17) is 9.47 Å². The molecule has 4 heteroatoms. The van der Waals surface area contributed by atoms with E-state index in [-0.39, 0.29) is 0 Å². The number of rotatable bonds is 14. The molecule has 2 unspecified atom stereocenters. The van der Waals surface area contributed by atoms with Crippen LogP contribution in [0.3, 0.4) is 0 Å². The number of carbonyl (C=O) groups is 2. The molecule has 0 aliphatic rings. The summed E-state index contributed by atoms with van der Waals surface area (Å²) in [4.78, 5) is 23.1. The molecule has 0 aromatic rings. The van der Waals surface area contributed by atoms with E-state index in [0.29, 0.717) is 25.0 Å². The van der Waals surface area contributed by atoms with Crippen molar-refractivity contribution in [3.8, 4) is 0 Å². The van der Waals surface area contributed by atoms with E-state index in [1.54, 1.807) is 0 Å². The molecule has 140 valence electrons. The Balaban J connectivity index is 3.75. The van der Waals surface area contributed by atoms with Crippen molar-refractivity contribution in [3.63, 3.8) is 0 Å². The first-order valence-electron chi connectivity index (χ1n) is 9.51. The molecular weight excluding hydrogens is 304 g/mol. The van der Waals surface area contributed by atoms with Crippen LogP contribution in [0.1, 0.15) is 79.1 Å². The molecule has 24 heavy (non-hydrogen) atoms. The maximum Gasteiger partial charge on any atom is 0.331 e. The van der Waals surface area contributed by atoms with Gasteiger partial charge in [0.05, 0.1) is 13.2 Å². The van der Waals surface area contributed by atoms with Gasteiger partial charge in [0, 0.05) is 12.2 Å². The van der Waals surface area contributed by atoms with Gasteiger partial charge in [0.1, 0.15) is 0 Å². The summed E-state index contributed by atoms with van der Waals surface area (Å²) in [6, 6.07) is 0. The SMILES string of the molecule is CCCCC(C)CCOC(=O)/C=C\C(=O)OCCC(C)CCCC. The minimum Gasteiger partial charge on any atom is -0.463 e. The summed E-state index contributed by atoms with van der Waals surface area (Å²) in [5.74, 6) is 0.152. The molecule has 0 rings (SSSR count). The fraction of sp³-hybridized carbons (Fsp3) is 0.800. The van der Waals surface area contributed by atoms with Gasteiger partial charge in [-0.2, -0.15) is 0 Å². The number of carbonyl (C=O) groups excluding carboxylic acids is 2. The first-order valence-corrected chi connectivity index (χ1v) is 9.51. The summed E-state index contributed by atoms with van der Waals surface area (Å²) in [6.07, 6.45) is 11.1. The van der Waals surface area contributed by atoms with Gasteiger partial charge >= 0.3 is 11.9 Å². The average Bonchev–Trinajstić information content (AvgIpc) is 2.56. The largest absolute Gasteiger partial charge is 0.463 e. The summed E-state index contributed by atoms with van der Waals surface area (Å²) in [7, 11) is 0. The van der Waals surface area contributed by atoms with Crippen molar-refractivity contribution in [2.75, 3.05) is 13.2 Å². The van der Waals surface area contributed by atoms with Crippen LogP contribution in [-0.2, 0) is 19.1 Å². The first-order chi connectivity index (χ1) is 11.5. The summed E-state index contributed by atoms with van der Waals surface area (Å²) in [5, 5.41) is 0. The first kappa shape index (κ1) is 22.7. The van der Waals surface area contributed by atoms with E-state index < -0.39 is 11.9 Å². The third-order valence-corrected chi connectivity index (χ3v) is 4.17. The van der Waals surface area contributed by atoms with E-state index in [0.717, 1.165) is 37.8 Å². The predicted molar refractivity (Wildman–Crippen MR) is 97.7 cm³/mol. The summed E-state index contributed by atoms with van der Waals surface area (Å²) in [6.45, 7) is 9.47. The molecular formula is C20H36O4. The summed E-state index contributed by atoms with van der Waals surface area (Å²) < 4.78 is 10.2. The highest BCUT2D eigenvalue weighted by Gasteiger charge is 2.06. The van der Waals surface area contributed by atoms with Crippen molar-refractivity contribution in [2.24, 2.45) is 11.8 Å². The lowest BCUT2D eigenvalue weighted by Crippen LogP contribution is -2.09. The van der Waals surface area contributed by atoms with Crippen LogP contribution in [0.15, 0.2) is 12.2 Å². The highest BCUT2D eigenvalue weighted by Crippen LogP contribution is 2.12. The van der Waals surface area contributed by atoms with Crippen molar-refractivity contribution >= 4 is 11.9 Å². The molecule has 0 bridgehead atoms. The van der Waals surface area contributed by atoms with Crippen molar-refractivity contribution in [3.05, 3.63) is 12.2 Å². The third-order valence-electron chi connectivity index (χ3n) is 4.17. The second-order valence-electron chi connectivity index (χ2n) is 6.74. The monoisotopic (exact) mass is 340 g/mol. The number of hydrogen-bond donors (Lipinski definition) is 0. The van der Waals surface area contributed by atoms with Gasteiger partial charge in [0.15, 0.2) is 0 Å². The highest BCUT2D eigenvalue weighted by atomic mass is 16.5. The number of hydrogen-bond acceptors (Lipinski definition) is 4. The van der Waals surface area contributed by atoms with Crippen LogP contribution in [0, 0.1) is 11.8 Å². The van der Waals surface area contributed by atoms with Crippen LogP contribution in [0.2, 0.25) is 0 Å². The van der Waals surface area contributed by atoms with Crippen molar-refractivity contribution in [2.45, 2.75) is 79.1 Å². The van der Waals surface area contributed by atoms with Gasteiger partial charge < -0.3 is 9.47 Å². The van der Waals surface area contributed by atoms with E-state index in [2.05, 4.69) is 27.7 Å². The maximum absolute atomic E-state index is 11.5. The average molecular weight is 341 g/mol. The lowest BCUT2D eigenvalue weighted by atomic mass is 10.0. The van der Waals surface area contributed by atoms with E-state index in [9.17, 15) is 9.59 Å². The lowest BCUT2D eigenvalue weighted by Gasteiger charge is -2.10. The van der Waals surface area contributed by atoms with E-state index in [1.807, 2.05) is 0 Å². The molecule has 0 amide bonds. The van der Waals surface area contributed by atoms with Gasteiger partial charge in [-0.15, -0.1) is 0 Å². The Hall–Kier alpha value is -1.32. The molecule has 0 aromatic heterocycles. The minimum atomic E-state index is -0.481. The summed E-state index contributed by atoms with van der Waals surface area (Å²) >= 11 is 0. The van der Waals surface area contributed by atoms with Crippen LogP contribution >= 0.6 is 0 Å². The Morgan fingerprint density at radius 3 is 1.46 bits per heavy atom. The second-order valence-corrected chi connectivity index (χ2v) is 6.74. The van der Waals surface area contributed by atoms with Crippen molar-refractivity contribution in [1.29, 1.82) is 0 Å². The third kappa shape index (κ3) is 14.3. The molecule has 0 radical (unpaired) electrons. The molecule has 0 saturated carbocycles. The van der Waals surface area contributed by atoms with Gasteiger partial charge in [0.25, 0.3) is 0 Å². The van der Waals surface area contributed by atoms with E-state index >= 15 is 0 Å². The van der Waals surface area contributed by atoms with Crippen LogP contribution in [0.25, 0.3) is 0 Å². The van der Waals surface area contributed by atoms with Gasteiger partial charge in [0.2, 0.25) is 0 Å². The molecule has 0 N–H and O–H groups in total. The smallest absolute Gasteiger partial charge is 0.331 e. The highest BCUT2D eigenvalue weighted by molar-refractivity contribution is 5.91. The number of unbranched alkanes of at least 4 members (excludes halogenated alkanes) is 2. The quantitative estimate of drug-likeness (QED) is 0.327. The lowest BCUT2D eigenvalue weighted by molar-refractivity contribution is -0.140. The van der Waals surface area contributed by atoms with Crippen molar-refractivity contribution in [1.82, 2.24) is 0 Å². The molecule has 0 fully saturated rings. The standard InChI is InChI=1S/C20H36O4/c1-5-7-9-17(3)13-15-23-19(21)11-12-20(22)24-16-14-18(4)10-8-6-2/h11-12,17-18H,5-10,13-16H2,1-4H3/b12-11-. The van der Waals surface area contributed by atoms with Gasteiger partial charge in [-0.25, -0.2) is 9.59 Å². The Morgan fingerprint density at radius 1 is 0.750 bits per heavy atom. The van der Waals surface area contributed by atoms with Crippen LogP contribution < -0.4 is 0 Å². The molecule has 4 nitrogen and oxygen atoms in total. The Morgan fingerprint density at radius 2 is 1.12 bits per heavy atom. The second kappa shape index (κ2) is 15.2. The van der Waals surface area contributed by atoms with Gasteiger partial charge in [-0.3, -0.25) is 0 Å². The molecule has 0 aliphatic carbocycles. The zero-order valence-corrected chi connectivity index (χ0v) is 16.0. The van der Waals surface area contributed by atoms with Crippen LogP contribution in [0.5, 0.6) is 0 Å². The molecule has 0 heterocycles. The number of esters is 2. The van der Waals surface area contributed by atoms with Crippen molar-refractivity contribution < 1.29 is 19.1 Å². The van der Waals surface area contributed by atoms with Crippen LogP contribution in [-0.4, -0.2) is 25.2 Å². The fourth-order valence-electron chi connectivity index (χ4n) is 2.35. The molecule has 0 aromatic carbocycles. The Kier molecular flexibility index (Phi) is 14.4. The normalized spacial score (nSPS) is 13.7. The topological polar surface area (TPSA) is 52.6 Å². The fourth-order valence-corrected chi connectivity index (χ4v) is 2.35. The molecule has 0 spiro atoms. The Bertz CT molecular complexity index is 329. The summed E-state index contributed by atoms with van der Waals surface area (Å²) in [5.41, 5.74) is 0. The van der Waals surface area contributed by atoms with Crippen LogP contribution in [0.4, 0.5) is 0 Å². The zero-order chi connectivity index (χ0) is 18.2. The Labute approximate surface area is 148 Å². The number of ether oxygens (including phenoxy) is 2. The maximum atomic E-state index is 11.5. The molecule has 2 atom stereocenters. The minimum absolute atomic E-state index is 0.401. The van der Waals surface area contributed by atoms with Gasteiger partial charge in [-0.05, 0) is 24.7 Å².